The number of nitrogens with zero attached hydrogens (tertiary/aromatic N) is 2. The Labute approximate surface area is 238 Å². The van der Waals surface area contributed by atoms with E-state index in [2.05, 4.69) is 21.2 Å². The molecule has 1 N–H and O–H groups in total. The maximum absolute atomic E-state index is 14.0. The van der Waals surface area contributed by atoms with Crippen LogP contribution in [0.4, 0.5) is 5.69 Å². The molecule has 38 heavy (non-hydrogen) atoms. The average Bonchev–Trinajstić information content (AvgIpc) is 2.85. The van der Waals surface area contributed by atoms with Crippen LogP contribution in [-0.4, -0.2) is 50.0 Å². The Morgan fingerprint density at radius 1 is 0.921 bits per heavy atom. The van der Waals surface area contributed by atoms with Gasteiger partial charge in [0.2, 0.25) is 21.8 Å². The number of rotatable bonds is 11. The monoisotopic (exact) mass is 619 g/mol. The van der Waals surface area contributed by atoms with E-state index in [1.54, 1.807) is 24.3 Å². The summed E-state index contributed by atoms with van der Waals surface area (Å²) in [4.78, 5) is 28.9. The van der Waals surface area contributed by atoms with Crippen LogP contribution in [0.5, 0.6) is 0 Å². The van der Waals surface area contributed by atoms with Gasteiger partial charge in [0.05, 0.1) is 17.0 Å². The van der Waals surface area contributed by atoms with Crippen molar-refractivity contribution < 1.29 is 18.0 Å². The molecule has 0 bridgehead atoms. The molecule has 7 nitrogen and oxygen atoms in total. The summed E-state index contributed by atoms with van der Waals surface area (Å²) in [5, 5.41) is 3.12. The van der Waals surface area contributed by atoms with Gasteiger partial charge in [-0.3, -0.25) is 13.9 Å². The molecule has 0 saturated carbocycles. The van der Waals surface area contributed by atoms with Gasteiger partial charge < -0.3 is 10.2 Å². The molecule has 3 rings (SSSR count). The SMILES string of the molecule is CC(C)NC(=O)[C@@H](Cc1ccccc1)N(Cc1ccc(Br)cc1)C(=O)CN(c1ccccc1Cl)S(C)(=O)=O. The van der Waals surface area contributed by atoms with Gasteiger partial charge in [-0.25, -0.2) is 8.42 Å². The van der Waals surface area contributed by atoms with Crippen LogP contribution in [0.25, 0.3) is 0 Å². The Bertz CT molecular complexity index is 1350. The molecule has 10 heteroatoms. The van der Waals surface area contributed by atoms with Gasteiger partial charge in [0, 0.05) is 23.5 Å². The smallest absolute Gasteiger partial charge is 0.244 e. The fraction of sp³-hybridized carbons (Fsp3) is 0.286. The lowest BCUT2D eigenvalue weighted by atomic mass is 10.0. The van der Waals surface area contributed by atoms with Gasteiger partial charge >= 0.3 is 0 Å². The molecule has 0 unspecified atom stereocenters. The van der Waals surface area contributed by atoms with Crippen molar-refractivity contribution in [1.82, 2.24) is 10.2 Å². The molecule has 3 aromatic carbocycles. The van der Waals surface area contributed by atoms with Crippen molar-refractivity contribution in [1.29, 1.82) is 0 Å². The Balaban J connectivity index is 2.06. The van der Waals surface area contributed by atoms with Crippen LogP contribution in [0, 0.1) is 0 Å². The van der Waals surface area contributed by atoms with Gasteiger partial charge in [-0.05, 0) is 49.2 Å². The lowest BCUT2D eigenvalue weighted by Crippen LogP contribution is -2.54. The van der Waals surface area contributed by atoms with Gasteiger partial charge in [-0.2, -0.15) is 0 Å². The van der Waals surface area contributed by atoms with E-state index in [0.29, 0.717) is 0 Å². The zero-order valence-corrected chi connectivity index (χ0v) is 24.6. The van der Waals surface area contributed by atoms with Crippen LogP contribution in [0.2, 0.25) is 5.02 Å². The zero-order chi connectivity index (χ0) is 27.9. The maximum atomic E-state index is 14.0. The van der Waals surface area contributed by atoms with Gasteiger partial charge in [-0.1, -0.05) is 82.1 Å². The molecule has 1 atom stereocenters. The van der Waals surface area contributed by atoms with Crippen molar-refractivity contribution in [2.75, 3.05) is 17.1 Å². The molecule has 0 aromatic heterocycles. The molecule has 0 fully saturated rings. The first-order chi connectivity index (χ1) is 18.0. The molecule has 0 radical (unpaired) electrons. The topological polar surface area (TPSA) is 86.8 Å². The highest BCUT2D eigenvalue weighted by molar-refractivity contribution is 9.10. The minimum Gasteiger partial charge on any atom is -0.352 e. The quantitative estimate of drug-likeness (QED) is 0.326. The van der Waals surface area contributed by atoms with Crippen molar-refractivity contribution >= 4 is 55.1 Å². The van der Waals surface area contributed by atoms with Gasteiger partial charge in [0.25, 0.3) is 0 Å². The normalized spacial score (nSPS) is 12.2. The van der Waals surface area contributed by atoms with E-state index in [0.717, 1.165) is 26.2 Å². The standard InChI is InChI=1S/C28H31BrClN3O4S/c1-20(2)31-28(35)26(17-21-9-5-4-6-10-21)32(18-22-13-15-23(29)16-14-22)27(34)19-33(38(3,36)37)25-12-8-7-11-24(25)30/h4-16,20,26H,17-19H2,1-3H3,(H,31,35)/t26-/m1/s1. The third-order valence-corrected chi connectivity index (χ3v) is 7.74. The van der Waals surface area contributed by atoms with E-state index in [-0.39, 0.29) is 35.6 Å². The average molecular weight is 621 g/mol. The molecule has 0 heterocycles. The number of anilines is 1. The summed E-state index contributed by atoms with van der Waals surface area (Å²) in [5.41, 5.74) is 1.86. The first-order valence-corrected chi connectivity index (χ1v) is 15.1. The molecule has 3 aromatic rings. The van der Waals surface area contributed by atoms with Crippen LogP contribution in [0.15, 0.2) is 83.3 Å². The number of sulfonamides is 1. The minimum atomic E-state index is -3.88. The Kier molecular flexibility index (Phi) is 10.4. The van der Waals surface area contributed by atoms with Crippen molar-refractivity contribution in [3.63, 3.8) is 0 Å². The van der Waals surface area contributed by atoms with E-state index in [4.69, 9.17) is 11.6 Å². The second kappa shape index (κ2) is 13.3. The summed E-state index contributed by atoms with van der Waals surface area (Å²) in [6.45, 7) is 3.29. The van der Waals surface area contributed by atoms with Crippen molar-refractivity contribution in [2.24, 2.45) is 0 Å². The van der Waals surface area contributed by atoms with E-state index in [1.165, 1.54) is 4.90 Å². The first-order valence-electron chi connectivity index (χ1n) is 12.1. The summed E-state index contributed by atoms with van der Waals surface area (Å²) in [6, 6.07) is 22.2. The van der Waals surface area contributed by atoms with E-state index in [9.17, 15) is 18.0 Å². The van der Waals surface area contributed by atoms with Crippen LogP contribution in [-0.2, 0) is 32.6 Å². The number of carbonyl (C=O) groups excluding carboxylic acids is 2. The summed E-state index contributed by atoms with van der Waals surface area (Å²) in [6.07, 6.45) is 1.28. The van der Waals surface area contributed by atoms with E-state index >= 15 is 0 Å². The highest BCUT2D eigenvalue weighted by Crippen LogP contribution is 2.28. The van der Waals surface area contributed by atoms with Crippen molar-refractivity contribution in [3.8, 4) is 0 Å². The number of hydrogen-bond donors (Lipinski definition) is 1. The molecule has 2 amide bonds. The second-order valence-corrected chi connectivity index (χ2v) is 12.5. The van der Waals surface area contributed by atoms with Crippen LogP contribution in [0.1, 0.15) is 25.0 Å². The number of para-hydroxylation sites is 1. The fourth-order valence-electron chi connectivity index (χ4n) is 3.97. The van der Waals surface area contributed by atoms with E-state index < -0.39 is 28.5 Å². The summed E-state index contributed by atoms with van der Waals surface area (Å²) in [5.74, 6) is -0.851. The highest BCUT2D eigenvalue weighted by Gasteiger charge is 2.33. The zero-order valence-electron chi connectivity index (χ0n) is 21.5. The number of hydrogen-bond acceptors (Lipinski definition) is 4. The summed E-state index contributed by atoms with van der Waals surface area (Å²) >= 11 is 9.73. The molecular weight excluding hydrogens is 590 g/mol. The maximum Gasteiger partial charge on any atom is 0.244 e. The lowest BCUT2D eigenvalue weighted by molar-refractivity contribution is -0.140. The van der Waals surface area contributed by atoms with Gasteiger partial charge in [0.1, 0.15) is 12.6 Å². The van der Waals surface area contributed by atoms with Gasteiger partial charge in [0.15, 0.2) is 0 Å². The fourth-order valence-corrected chi connectivity index (χ4v) is 5.38. The number of carbonyl (C=O) groups is 2. The highest BCUT2D eigenvalue weighted by atomic mass is 79.9. The third-order valence-electron chi connectivity index (χ3n) is 5.77. The number of amides is 2. The molecule has 0 aliphatic carbocycles. The van der Waals surface area contributed by atoms with E-state index in [1.807, 2.05) is 68.4 Å². The van der Waals surface area contributed by atoms with Crippen LogP contribution >= 0.6 is 27.5 Å². The summed E-state index contributed by atoms with van der Waals surface area (Å²) in [7, 11) is -3.88. The molecule has 0 aliphatic rings. The molecular formula is C28H31BrClN3O4S. The Hall–Kier alpha value is -2.88. The second-order valence-electron chi connectivity index (χ2n) is 9.24. The number of halogens is 2. The number of nitrogens with one attached hydrogen (secondary N) is 1. The van der Waals surface area contributed by atoms with Gasteiger partial charge in [-0.15, -0.1) is 0 Å². The Morgan fingerprint density at radius 2 is 1.53 bits per heavy atom. The van der Waals surface area contributed by atoms with Crippen LogP contribution < -0.4 is 9.62 Å². The predicted octanol–water partition coefficient (Wildman–Crippen LogP) is 5.03. The summed E-state index contributed by atoms with van der Waals surface area (Å²) < 4.78 is 27.4. The lowest BCUT2D eigenvalue weighted by Gasteiger charge is -2.34. The minimum absolute atomic E-state index is 0.106. The third kappa shape index (κ3) is 8.31. The first kappa shape index (κ1) is 29.7. The molecule has 202 valence electrons. The van der Waals surface area contributed by atoms with Crippen LogP contribution in [0.3, 0.4) is 0 Å². The largest absolute Gasteiger partial charge is 0.352 e. The number of benzene rings is 3. The van der Waals surface area contributed by atoms with Crippen molar-refractivity contribution in [3.05, 3.63) is 99.5 Å². The van der Waals surface area contributed by atoms with Crippen molar-refractivity contribution in [2.45, 2.75) is 38.9 Å². The predicted molar refractivity (Wildman–Crippen MR) is 156 cm³/mol. The molecule has 0 spiro atoms. The molecule has 0 saturated heterocycles. The molecule has 0 aliphatic heterocycles. The Morgan fingerprint density at radius 3 is 2.11 bits per heavy atom.